The first-order chi connectivity index (χ1) is 6.84. The van der Waals surface area contributed by atoms with Gasteiger partial charge in [0.25, 0.3) is 0 Å². The number of nitrogens with zero attached hydrogens (tertiary/aromatic N) is 2. The van der Waals surface area contributed by atoms with Crippen molar-refractivity contribution in [2.75, 3.05) is 0 Å². The van der Waals surface area contributed by atoms with Crippen LogP contribution in [-0.4, -0.2) is 15.7 Å². The van der Waals surface area contributed by atoms with Crippen LogP contribution < -0.4 is 5.73 Å². The third kappa shape index (κ3) is 2.71. The van der Waals surface area contributed by atoms with Crippen molar-refractivity contribution >= 4 is 5.91 Å². The highest BCUT2D eigenvalue weighted by Gasteiger charge is 2.34. The average Bonchev–Trinajstić information content (AvgIpc) is 2.45. The Hall–Kier alpha value is -1.53. The summed E-state index contributed by atoms with van der Waals surface area (Å²) in [5, 5.41) is 3.28. The smallest absolute Gasteiger partial charge is 0.368 e. The SMILES string of the molecule is CCc1cc(C(F)(F)F)nn1CC(N)=O. The predicted octanol–water partition coefficient (Wildman–Crippen LogP) is 0.950. The number of nitrogens with two attached hydrogens (primary N) is 1. The lowest BCUT2D eigenvalue weighted by molar-refractivity contribution is -0.141. The van der Waals surface area contributed by atoms with E-state index in [1.165, 1.54) is 0 Å². The molecule has 0 saturated heterocycles. The molecule has 0 spiro atoms. The van der Waals surface area contributed by atoms with Gasteiger partial charge in [-0.1, -0.05) is 6.92 Å². The summed E-state index contributed by atoms with van der Waals surface area (Å²) in [5.41, 5.74) is 4.22. The fourth-order valence-electron chi connectivity index (χ4n) is 1.16. The summed E-state index contributed by atoms with van der Waals surface area (Å²) in [4.78, 5) is 10.6. The fraction of sp³-hybridized carbons (Fsp3) is 0.500. The molecule has 0 aliphatic heterocycles. The lowest BCUT2D eigenvalue weighted by Crippen LogP contribution is -2.21. The van der Waals surface area contributed by atoms with Crippen LogP contribution in [0.15, 0.2) is 6.07 Å². The van der Waals surface area contributed by atoms with Crippen molar-refractivity contribution in [1.29, 1.82) is 0 Å². The van der Waals surface area contributed by atoms with Gasteiger partial charge in [-0.2, -0.15) is 18.3 Å². The first-order valence-electron chi connectivity index (χ1n) is 4.26. The van der Waals surface area contributed by atoms with Crippen LogP contribution in [0.25, 0.3) is 0 Å². The van der Waals surface area contributed by atoms with Gasteiger partial charge in [-0.25, -0.2) is 0 Å². The summed E-state index contributed by atoms with van der Waals surface area (Å²) in [6, 6.07) is 0.920. The number of primary amides is 1. The van der Waals surface area contributed by atoms with Gasteiger partial charge in [0.05, 0.1) is 0 Å². The molecule has 4 nitrogen and oxygen atoms in total. The van der Waals surface area contributed by atoms with Crippen LogP contribution >= 0.6 is 0 Å². The first-order valence-corrected chi connectivity index (χ1v) is 4.26. The Kier molecular flexibility index (Phi) is 3.01. The largest absolute Gasteiger partial charge is 0.435 e. The third-order valence-corrected chi connectivity index (χ3v) is 1.82. The van der Waals surface area contributed by atoms with Gasteiger partial charge in [0.15, 0.2) is 5.69 Å². The minimum atomic E-state index is -4.49. The molecule has 0 saturated carbocycles. The molecule has 0 unspecified atom stereocenters. The van der Waals surface area contributed by atoms with Crippen molar-refractivity contribution in [2.45, 2.75) is 26.1 Å². The van der Waals surface area contributed by atoms with Gasteiger partial charge in [0.2, 0.25) is 5.91 Å². The summed E-state index contributed by atoms with van der Waals surface area (Å²) < 4.78 is 37.8. The lowest BCUT2D eigenvalue weighted by atomic mass is 10.3. The molecule has 15 heavy (non-hydrogen) atoms. The number of halogens is 3. The van der Waals surface area contributed by atoms with Crippen LogP contribution in [0.4, 0.5) is 13.2 Å². The molecule has 1 amide bonds. The van der Waals surface area contributed by atoms with Gasteiger partial charge in [0.1, 0.15) is 6.54 Å². The van der Waals surface area contributed by atoms with E-state index < -0.39 is 17.8 Å². The van der Waals surface area contributed by atoms with E-state index in [4.69, 9.17) is 5.73 Å². The van der Waals surface area contributed by atoms with Gasteiger partial charge < -0.3 is 5.73 Å². The molecule has 7 heteroatoms. The first kappa shape index (κ1) is 11.5. The Labute approximate surface area is 83.9 Å². The molecular weight excluding hydrogens is 211 g/mol. The van der Waals surface area contributed by atoms with Crippen molar-refractivity contribution in [3.63, 3.8) is 0 Å². The van der Waals surface area contributed by atoms with E-state index in [0.717, 1.165) is 10.7 Å². The van der Waals surface area contributed by atoms with Crippen molar-refractivity contribution in [3.8, 4) is 0 Å². The van der Waals surface area contributed by atoms with Crippen LogP contribution in [0, 0.1) is 0 Å². The molecule has 0 aliphatic rings. The average molecular weight is 221 g/mol. The Morgan fingerprint density at radius 1 is 1.60 bits per heavy atom. The molecular formula is C8H10F3N3O. The Balaban J connectivity index is 3.06. The number of carbonyl (C=O) groups is 1. The maximum atomic E-state index is 12.3. The zero-order valence-electron chi connectivity index (χ0n) is 8.01. The molecule has 0 radical (unpaired) electrons. The van der Waals surface area contributed by atoms with Crippen molar-refractivity contribution in [1.82, 2.24) is 9.78 Å². The standard InChI is InChI=1S/C8H10F3N3O/c1-2-5-3-6(8(9,10)11)13-14(5)4-7(12)15/h3H,2,4H2,1H3,(H2,12,15). The maximum Gasteiger partial charge on any atom is 0.435 e. The number of amides is 1. The molecule has 0 atom stereocenters. The molecule has 1 heterocycles. The van der Waals surface area contributed by atoms with Gasteiger partial charge in [-0.05, 0) is 12.5 Å². The fourth-order valence-corrected chi connectivity index (χ4v) is 1.16. The second-order valence-corrected chi connectivity index (χ2v) is 3.00. The minimum Gasteiger partial charge on any atom is -0.368 e. The van der Waals surface area contributed by atoms with Crippen LogP contribution in [-0.2, 0) is 23.9 Å². The zero-order chi connectivity index (χ0) is 11.6. The van der Waals surface area contributed by atoms with E-state index in [1.54, 1.807) is 6.92 Å². The molecule has 84 valence electrons. The van der Waals surface area contributed by atoms with Crippen LogP contribution in [0.2, 0.25) is 0 Å². The van der Waals surface area contributed by atoms with E-state index in [1.807, 2.05) is 0 Å². The second-order valence-electron chi connectivity index (χ2n) is 3.00. The Bertz CT molecular complexity index is 370. The molecule has 0 fully saturated rings. The molecule has 0 aromatic carbocycles. The number of alkyl halides is 3. The van der Waals surface area contributed by atoms with Crippen molar-refractivity contribution < 1.29 is 18.0 Å². The number of hydrogen-bond donors (Lipinski definition) is 1. The van der Waals surface area contributed by atoms with E-state index in [-0.39, 0.29) is 6.54 Å². The third-order valence-electron chi connectivity index (χ3n) is 1.82. The molecule has 0 aliphatic carbocycles. The predicted molar refractivity (Wildman–Crippen MR) is 45.8 cm³/mol. The highest BCUT2D eigenvalue weighted by atomic mass is 19.4. The number of hydrogen-bond acceptors (Lipinski definition) is 2. The number of aromatic nitrogens is 2. The van der Waals surface area contributed by atoms with Gasteiger partial charge >= 0.3 is 6.18 Å². The molecule has 0 bridgehead atoms. The lowest BCUT2D eigenvalue weighted by Gasteiger charge is -2.02. The Morgan fingerprint density at radius 3 is 2.60 bits per heavy atom. The Morgan fingerprint density at radius 2 is 2.20 bits per heavy atom. The van der Waals surface area contributed by atoms with Crippen molar-refractivity contribution in [2.24, 2.45) is 5.73 Å². The van der Waals surface area contributed by atoms with Crippen LogP contribution in [0.3, 0.4) is 0 Å². The topological polar surface area (TPSA) is 60.9 Å². The van der Waals surface area contributed by atoms with E-state index >= 15 is 0 Å². The summed E-state index contributed by atoms with van der Waals surface area (Å²) in [5.74, 6) is -0.721. The molecule has 1 aromatic rings. The number of rotatable bonds is 3. The number of carbonyl (C=O) groups excluding carboxylic acids is 1. The number of aryl methyl sites for hydroxylation is 1. The molecule has 1 aromatic heterocycles. The molecule has 1 rings (SSSR count). The minimum absolute atomic E-state index is 0.334. The van der Waals surface area contributed by atoms with E-state index in [2.05, 4.69) is 5.10 Å². The van der Waals surface area contributed by atoms with Gasteiger partial charge in [-0.15, -0.1) is 0 Å². The van der Waals surface area contributed by atoms with E-state index in [0.29, 0.717) is 12.1 Å². The quantitative estimate of drug-likeness (QED) is 0.825. The van der Waals surface area contributed by atoms with Gasteiger partial charge in [-0.3, -0.25) is 9.48 Å². The van der Waals surface area contributed by atoms with Crippen LogP contribution in [0.1, 0.15) is 18.3 Å². The monoisotopic (exact) mass is 221 g/mol. The summed E-state index contributed by atoms with van der Waals surface area (Å²) in [6.45, 7) is 1.34. The van der Waals surface area contributed by atoms with Crippen molar-refractivity contribution in [3.05, 3.63) is 17.5 Å². The zero-order valence-corrected chi connectivity index (χ0v) is 8.01. The maximum absolute atomic E-state index is 12.3. The molecule has 2 N–H and O–H groups in total. The summed E-state index contributed by atoms with van der Waals surface area (Å²) in [6.07, 6.45) is -4.14. The summed E-state index contributed by atoms with van der Waals surface area (Å²) in [7, 11) is 0. The van der Waals surface area contributed by atoms with Crippen LogP contribution in [0.5, 0.6) is 0 Å². The second kappa shape index (κ2) is 3.92. The van der Waals surface area contributed by atoms with E-state index in [9.17, 15) is 18.0 Å². The highest BCUT2D eigenvalue weighted by Crippen LogP contribution is 2.28. The normalized spacial score (nSPS) is 11.7. The van der Waals surface area contributed by atoms with Gasteiger partial charge in [0, 0.05) is 5.69 Å². The summed E-state index contributed by atoms with van der Waals surface area (Å²) >= 11 is 0. The highest BCUT2D eigenvalue weighted by molar-refractivity contribution is 5.73.